The van der Waals surface area contributed by atoms with E-state index in [9.17, 15) is 9.90 Å². The van der Waals surface area contributed by atoms with Crippen LogP contribution in [0.15, 0.2) is 16.7 Å². The van der Waals surface area contributed by atoms with Gasteiger partial charge in [-0.2, -0.15) is 0 Å². The van der Waals surface area contributed by atoms with Crippen LogP contribution in [0.1, 0.15) is 48.4 Å². The molecule has 148 valence electrons. The zero-order valence-electron chi connectivity index (χ0n) is 15.7. The summed E-state index contributed by atoms with van der Waals surface area (Å²) in [4.78, 5) is 16.2. The summed E-state index contributed by atoms with van der Waals surface area (Å²) in [6, 6.07) is 2.20. The monoisotopic (exact) mass is 384 g/mol. The Hall–Kier alpha value is -2.68. The van der Waals surface area contributed by atoms with Crippen LogP contribution in [-0.2, 0) is 0 Å². The Morgan fingerprint density at radius 2 is 2.04 bits per heavy atom. The average Bonchev–Trinajstić information content (AvgIpc) is 3.01. The molecule has 0 saturated heterocycles. The average molecular weight is 384 g/mol. The third-order valence-electron chi connectivity index (χ3n) is 6.49. The fourth-order valence-corrected chi connectivity index (χ4v) is 5.69. The Bertz CT molecular complexity index is 912. The molecule has 2 aromatic heterocycles. The maximum Gasteiger partial charge on any atom is 0.321 e. The van der Waals surface area contributed by atoms with E-state index in [4.69, 9.17) is 10.2 Å². The second-order valence-electron chi connectivity index (χ2n) is 8.60. The molecule has 4 bridgehead atoms. The molecule has 0 radical (unpaired) electrons. The van der Waals surface area contributed by atoms with Crippen molar-refractivity contribution in [3.05, 3.63) is 23.7 Å². The van der Waals surface area contributed by atoms with Gasteiger partial charge in [0.25, 0.3) is 5.91 Å². The van der Waals surface area contributed by atoms with E-state index >= 15 is 0 Å². The maximum atomic E-state index is 11.9. The lowest BCUT2D eigenvalue weighted by atomic mass is 9.52. The summed E-state index contributed by atoms with van der Waals surface area (Å²) >= 11 is 0. The number of primary amides is 1. The molecule has 0 aliphatic heterocycles. The van der Waals surface area contributed by atoms with Gasteiger partial charge in [-0.3, -0.25) is 10.1 Å². The number of carbonyl (C=O) groups excluding carboxylic acids is 1. The van der Waals surface area contributed by atoms with Gasteiger partial charge in [-0.05, 0) is 49.9 Å². The molecular formula is C19H24N6O3. The third-order valence-corrected chi connectivity index (χ3v) is 6.49. The molecule has 6 rings (SSSR count). The van der Waals surface area contributed by atoms with E-state index in [0.29, 0.717) is 40.7 Å². The topological polar surface area (TPSA) is 139 Å². The molecule has 1 amide bonds. The van der Waals surface area contributed by atoms with Gasteiger partial charge in [-0.25, -0.2) is 4.98 Å². The van der Waals surface area contributed by atoms with Crippen LogP contribution in [0.4, 0.5) is 17.5 Å². The zero-order valence-corrected chi connectivity index (χ0v) is 15.7. The van der Waals surface area contributed by atoms with Crippen LogP contribution < -0.4 is 16.4 Å². The Morgan fingerprint density at radius 1 is 1.29 bits per heavy atom. The molecule has 2 heterocycles. The summed E-state index contributed by atoms with van der Waals surface area (Å²) in [7, 11) is 0. The summed E-state index contributed by atoms with van der Waals surface area (Å²) in [6.45, 7) is 1.70. The van der Waals surface area contributed by atoms with E-state index in [1.165, 1.54) is 6.20 Å². The predicted octanol–water partition coefficient (Wildman–Crippen LogP) is 1.97. The van der Waals surface area contributed by atoms with Gasteiger partial charge in [-0.15, -0.1) is 5.10 Å². The first-order chi connectivity index (χ1) is 13.4. The molecule has 4 aliphatic rings. The highest BCUT2D eigenvalue weighted by Crippen LogP contribution is 2.56. The fraction of sp³-hybridized carbons (Fsp3) is 0.579. The van der Waals surface area contributed by atoms with Crippen molar-refractivity contribution < 1.29 is 14.3 Å². The molecule has 4 fully saturated rings. The van der Waals surface area contributed by atoms with E-state index in [1.807, 2.05) is 0 Å². The molecule has 0 aromatic carbocycles. The minimum Gasteiger partial charge on any atom is -0.408 e. The molecule has 5 atom stereocenters. The molecule has 9 heteroatoms. The number of nitrogens with one attached hydrogen (secondary N) is 2. The van der Waals surface area contributed by atoms with E-state index in [2.05, 4.69) is 25.8 Å². The van der Waals surface area contributed by atoms with E-state index in [1.54, 1.807) is 13.0 Å². The molecule has 2 aromatic rings. The molecule has 4 aliphatic carbocycles. The fourth-order valence-electron chi connectivity index (χ4n) is 5.69. The summed E-state index contributed by atoms with van der Waals surface area (Å²) < 4.78 is 5.33. The third kappa shape index (κ3) is 2.99. The van der Waals surface area contributed by atoms with Gasteiger partial charge in [0.1, 0.15) is 5.82 Å². The first-order valence-electron chi connectivity index (χ1n) is 9.74. The summed E-state index contributed by atoms with van der Waals surface area (Å²) in [6.07, 6.45) is 6.29. The Kier molecular flexibility index (Phi) is 3.84. The van der Waals surface area contributed by atoms with Crippen molar-refractivity contribution in [1.29, 1.82) is 0 Å². The standard InChI is InChI=1S/C19H24N6O3/c1-9-24-25-18(28-9)23-15-4-14(13(8-21-15)17(20)26)22-16-11-2-10-3-12(16)7-19(27,5-10)6-11/h4,8,10-12,16,27H,2-3,5-7H2,1H3,(H2,20,26)(H2,21,22,23,25)/t10?,11-,12+,16-,19-. The van der Waals surface area contributed by atoms with Gasteiger partial charge in [-0.1, -0.05) is 5.10 Å². The lowest BCUT2D eigenvalue weighted by Crippen LogP contribution is -2.59. The van der Waals surface area contributed by atoms with Gasteiger partial charge < -0.3 is 20.6 Å². The van der Waals surface area contributed by atoms with Crippen molar-refractivity contribution in [3.8, 4) is 0 Å². The summed E-state index contributed by atoms with van der Waals surface area (Å²) in [5.41, 5.74) is 6.06. The smallest absolute Gasteiger partial charge is 0.321 e. The van der Waals surface area contributed by atoms with E-state index < -0.39 is 11.5 Å². The van der Waals surface area contributed by atoms with Gasteiger partial charge >= 0.3 is 6.01 Å². The number of nitrogens with zero attached hydrogens (tertiary/aromatic N) is 3. The quantitative estimate of drug-likeness (QED) is 0.613. The molecular weight excluding hydrogens is 360 g/mol. The van der Waals surface area contributed by atoms with Crippen molar-refractivity contribution in [2.45, 2.75) is 50.7 Å². The summed E-state index contributed by atoms with van der Waals surface area (Å²) in [5, 5.41) is 25.0. The van der Waals surface area contributed by atoms with E-state index in [0.717, 1.165) is 32.1 Å². The normalized spacial score (nSPS) is 33.1. The Balaban J connectivity index is 1.42. The number of aliphatic hydroxyl groups is 1. The van der Waals surface area contributed by atoms with Crippen LogP contribution in [0.3, 0.4) is 0 Å². The Morgan fingerprint density at radius 3 is 2.64 bits per heavy atom. The maximum absolute atomic E-state index is 11.9. The van der Waals surface area contributed by atoms with Crippen LogP contribution in [0.5, 0.6) is 0 Å². The molecule has 5 N–H and O–H groups in total. The molecule has 1 unspecified atom stereocenters. The number of amides is 1. The second-order valence-corrected chi connectivity index (χ2v) is 8.60. The van der Waals surface area contributed by atoms with Crippen molar-refractivity contribution in [3.63, 3.8) is 0 Å². The number of nitrogens with two attached hydrogens (primary N) is 1. The summed E-state index contributed by atoms with van der Waals surface area (Å²) in [5.74, 6) is 1.82. The minimum atomic E-state index is -0.530. The molecule has 28 heavy (non-hydrogen) atoms. The van der Waals surface area contributed by atoms with Crippen molar-refractivity contribution in [2.24, 2.45) is 23.5 Å². The highest BCUT2D eigenvalue weighted by atomic mass is 16.4. The van der Waals surface area contributed by atoms with Crippen LogP contribution in [-0.4, -0.2) is 37.8 Å². The van der Waals surface area contributed by atoms with Crippen molar-refractivity contribution in [1.82, 2.24) is 15.2 Å². The number of hydrogen-bond donors (Lipinski definition) is 4. The van der Waals surface area contributed by atoms with Gasteiger partial charge in [0.15, 0.2) is 0 Å². The first-order valence-corrected chi connectivity index (χ1v) is 9.74. The first kappa shape index (κ1) is 17.4. The van der Waals surface area contributed by atoms with Crippen LogP contribution in [0.25, 0.3) is 0 Å². The lowest BCUT2D eigenvalue weighted by molar-refractivity contribution is -0.129. The van der Waals surface area contributed by atoms with Crippen LogP contribution >= 0.6 is 0 Å². The van der Waals surface area contributed by atoms with Crippen LogP contribution in [0, 0.1) is 24.7 Å². The number of hydrogen-bond acceptors (Lipinski definition) is 8. The lowest BCUT2D eigenvalue weighted by Gasteiger charge is -2.58. The van der Waals surface area contributed by atoms with Gasteiger partial charge in [0.2, 0.25) is 5.89 Å². The zero-order chi connectivity index (χ0) is 19.5. The number of aryl methyl sites for hydroxylation is 1. The minimum absolute atomic E-state index is 0.218. The van der Waals surface area contributed by atoms with Gasteiger partial charge in [0, 0.05) is 25.2 Å². The van der Waals surface area contributed by atoms with Crippen molar-refractivity contribution >= 4 is 23.4 Å². The molecule has 4 saturated carbocycles. The second kappa shape index (κ2) is 6.16. The highest BCUT2D eigenvalue weighted by molar-refractivity contribution is 5.98. The van der Waals surface area contributed by atoms with Gasteiger partial charge in [0.05, 0.1) is 16.9 Å². The highest BCUT2D eigenvalue weighted by Gasteiger charge is 2.54. The number of pyridine rings is 1. The van der Waals surface area contributed by atoms with Crippen molar-refractivity contribution in [2.75, 3.05) is 10.6 Å². The number of rotatable bonds is 5. The van der Waals surface area contributed by atoms with E-state index in [-0.39, 0.29) is 12.1 Å². The molecule has 0 spiro atoms. The predicted molar refractivity (Wildman–Crippen MR) is 101 cm³/mol. The largest absolute Gasteiger partial charge is 0.408 e. The van der Waals surface area contributed by atoms with Crippen LogP contribution in [0.2, 0.25) is 0 Å². The Labute approximate surface area is 162 Å². The number of carbonyl (C=O) groups is 1. The molecule has 9 nitrogen and oxygen atoms in total. The number of anilines is 3. The SMILES string of the molecule is Cc1nnc(Nc2cc(N[C@@H]3[C@@H]4CC5C[C@H]3C[C@@](O)(C5)C4)c(C(N)=O)cn2)o1. The number of aromatic nitrogens is 3.